The molecule has 1 N–H and O–H groups in total. The highest BCUT2D eigenvalue weighted by molar-refractivity contribution is 5.74. The Kier molecular flexibility index (Phi) is 5.72. The molecule has 0 aromatic heterocycles. The molecule has 0 spiro atoms. The Labute approximate surface area is 60.1 Å². The number of nitrogens with one attached hydrogen (secondary N) is 1. The van der Waals surface area contributed by atoms with E-state index >= 15 is 0 Å². The van der Waals surface area contributed by atoms with Crippen LogP contribution in [0.3, 0.4) is 0 Å². The van der Waals surface area contributed by atoms with Crippen LogP contribution in [0, 0.1) is 0 Å². The third-order valence-corrected chi connectivity index (χ3v) is 1.12. The van der Waals surface area contributed by atoms with Crippen molar-refractivity contribution in [1.29, 1.82) is 0 Å². The van der Waals surface area contributed by atoms with Crippen molar-refractivity contribution in [3.63, 3.8) is 0 Å². The molecular formula is C7H12FNO. The fourth-order valence-electron chi connectivity index (χ4n) is 0.594. The van der Waals surface area contributed by atoms with E-state index in [1.807, 2.05) is 19.1 Å². The summed E-state index contributed by atoms with van der Waals surface area (Å²) in [6.07, 6.45) is 5.67. The monoisotopic (exact) mass is 145 g/mol. The first-order valence-corrected chi connectivity index (χ1v) is 3.32. The van der Waals surface area contributed by atoms with Gasteiger partial charge in [0.05, 0.1) is 0 Å². The first-order valence-electron chi connectivity index (χ1n) is 3.32. The highest BCUT2D eigenvalue weighted by atomic mass is 19.2. The summed E-state index contributed by atoms with van der Waals surface area (Å²) >= 11 is 0. The molecule has 0 saturated heterocycles. The Bertz CT molecular complexity index is 123. The third-order valence-electron chi connectivity index (χ3n) is 1.12. The predicted molar refractivity (Wildman–Crippen MR) is 37.9 cm³/mol. The van der Waals surface area contributed by atoms with Crippen molar-refractivity contribution in [2.24, 2.45) is 0 Å². The molecule has 10 heavy (non-hydrogen) atoms. The lowest BCUT2D eigenvalue weighted by Crippen LogP contribution is -2.12. The number of hydrogen-bond acceptors (Lipinski definition) is 1. The molecule has 1 amide bonds. The fraction of sp³-hybridized carbons (Fsp3) is 0.571. The van der Waals surface area contributed by atoms with Crippen molar-refractivity contribution >= 4 is 5.91 Å². The highest BCUT2D eigenvalue weighted by Crippen LogP contribution is 1.95. The summed E-state index contributed by atoms with van der Waals surface area (Å²) in [6, 6.07) is 0. The minimum atomic E-state index is -0.537. The largest absolute Gasteiger partial charge is 0.273 e. The second-order valence-corrected chi connectivity index (χ2v) is 1.98. The van der Waals surface area contributed by atoms with E-state index in [9.17, 15) is 9.28 Å². The maximum Gasteiger partial charge on any atom is 0.247 e. The van der Waals surface area contributed by atoms with E-state index in [0.717, 1.165) is 12.0 Å². The molecule has 0 aromatic rings. The molecule has 0 unspecified atom stereocenters. The summed E-state index contributed by atoms with van der Waals surface area (Å²) in [6.45, 7) is 1.91. The van der Waals surface area contributed by atoms with E-state index in [1.165, 1.54) is 0 Å². The number of carbonyl (C=O) groups excluding carboxylic acids is 1. The van der Waals surface area contributed by atoms with Crippen LogP contribution in [0.1, 0.15) is 26.2 Å². The second kappa shape index (κ2) is 6.26. The van der Waals surface area contributed by atoms with Gasteiger partial charge in [0, 0.05) is 6.42 Å². The van der Waals surface area contributed by atoms with Gasteiger partial charge in [-0.2, -0.15) is 5.54 Å². The summed E-state index contributed by atoms with van der Waals surface area (Å²) in [7, 11) is 0. The van der Waals surface area contributed by atoms with Crippen LogP contribution in [0.4, 0.5) is 4.48 Å². The molecule has 0 radical (unpaired) electrons. The van der Waals surface area contributed by atoms with Gasteiger partial charge in [0.1, 0.15) is 0 Å². The second-order valence-electron chi connectivity index (χ2n) is 1.98. The van der Waals surface area contributed by atoms with Crippen LogP contribution in [0.5, 0.6) is 0 Å². The highest BCUT2D eigenvalue weighted by Gasteiger charge is 1.96. The van der Waals surface area contributed by atoms with Crippen LogP contribution in [-0.2, 0) is 4.79 Å². The molecule has 0 aliphatic heterocycles. The van der Waals surface area contributed by atoms with E-state index in [4.69, 9.17) is 0 Å². The molecule has 0 aromatic carbocycles. The molecule has 58 valence electrons. The average Bonchev–Trinajstić information content (AvgIpc) is 1.98. The van der Waals surface area contributed by atoms with E-state index in [-0.39, 0.29) is 6.42 Å². The van der Waals surface area contributed by atoms with Crippen molar-refractivity contribution < 1.29 is 9.28 Å². The Hall–Kier alpha value is -0.860. The topological polar surface area (TPSA) is 29.1 Å². The van der Waals surface area contributed by atoms with Crippen LogP contribution in [-0.4, -0.2) is 5.91 Å². The summed E-state index contributed by atoms with van der Waals surface area (Å²) in [5, 5.41) is 0. The molecule has 0 heterocycles. The van der Waals surface area contributed by atoms with E-state index in [2.05, 4.69) is 0 Å². The first kappa shape index (κ1) is 9.14. The van der Waals surface area contributed by atoms with Crippen LogP contribution >= 0.6 is 0 Å². The number of allylic oxidation sites excluding steroid dienone is 2. The van der Waals surface area contributed by atoms with E-state index in [0.29, 0.717) is 6.42 Å². The molecule has 2 nitrogen and oxygen atoms in total. The molecule has 3 heteroatoms. The first-order chi connectivity index (χ1) is 4.81. The van der Waals surface area contributed by atoms with Crippen molar-refractivity contribution in [2.45, 2.75) is 26.2 Å². The molecule has 0 aliphatic carbocycles. The van der Waals surface area contributed by atoms with Gasteiger partial charge in [0.2, 0.25) is 5.91 Å². The number of unbranched alkanes of at least 4 members (excludes halogenated alkanes) is 1. The summed E-state index contributed by atoms with van der Waals surface area (Å²) in [5.41, 5.74) is 1.08. The average molecular weight is 145 g/mol. The smallest absolute Gasteiger partial charge is 0.247 e. The number of halogens is 1. The zero-order chi connectivity index (χ0) is 7.82. The Balaban J connectivity index is 3.11. The number of carbonyl (C=O) groups is 1. The number of hydrogen-bond donors (Lipinski definition) is 1. The van der Waals surface area contributed by atoms with E-state index in [1.54, 1.807) is 0 Å². The molecular weight excluding hydrogens is 133 g/mol. The normalized spacial score (nSPS) is 10.2. The van der Waals surface area contributed by atoms with Gasteiger partial charge >= 0.3 is 0 Å². The van der Waals surface area contributed by atoms with Gasteiger partial charge in [0.25, 0.3) is 0 Å². The molecule has 0 aliphatic rings. The summed E-state index contributed by atoms with van der Waals surface area (Å²) < 4.78 is 11.3. The van der Waals surface area contributed by atoms with Gasteiger partial charge in [-0.1, -0.05) is 12.2 Å². The Morgan fingerprint density at radius 1 is 1.70 bits per heavy atom. The van der Waals surface area contributed by atoms with Crippen molar-refractivity contribution in [2.75, 3.05) is 0 Å². The Morgan fingerprint density at radius 2 is 2.40 bits per heavy atom. The predicted octanol–water partition coefficient (Wildman–Crippen LogP) is 1.73. The molecule has 0 fully saturated rings. The van der Waals surface area contributed by atoms with Crippen molar-refractivity contribution in [3.8, 4) is 0 Å². The zero-order valence-corrected chi connectivity index (χ0v) is 6.06. The number of amides is 1. The summed E-state index contributed by atoms with van der Waals surface area (Å²) in [4.78, 5) is 10.3. The molecule has 0 saturated carbocycles. The van der Waals surface area contributed by atoms with Gasteiger partial charge < -0.3 is 0 Å². The third kappa shape index (κ3) is 5.28. The lowest BCUT2D eigenvalue weighted by Gasteiger charge is -1.92. The number of rotatable bonds is 4. The van der Waals surface area contributed by atoms with Crippen LogP contribution < -0.4 is 5.54 Å². The zero-order valence-electron chi connectivity index (χ0n) is 6.06. The van der Waals surface area contributed by atoms with Crippen LogP contribution in [0.25, 0.3) is 0 Å². The lowest BCUT2D eigenvalue weighted by molar-refractivity contribution is -0.125. The van der Waals surface area contributed by atoms with Crippen molar-refractivity contribution in [3.05, 3.63) is 12.2 Å². The molecule has 0 bridgehead atoms. The summed E-state index contributed by atoms with van der Waals surface area (Å²) in [5.74, 6) is -0.537. The van der Waals surface area contributed by atoms with Crippen LogP contribution in [0.15, 0.2) is 12.2 Å². The van der Waals surface area contributed by atoms with Gasteiger partial charge in [0.15, 0.2) is 0 Å². The fourth-order valence-corrected chi connectivity index (χ4v) is 0.594. The van der Waals surface area contributed by atoms with Crippen molar-refractivity contribution in [1.82, 2.24) is 5.54 Å². The van der Waals surface area contributed by atoms with Gasteiger partial charge in [-0.15, -0.1) is 4.48 Å². The SMILES string of the molecule is C/C=C\CCCC(=O)NF. The Morgan fingerprint density at radius 3 is 2.90 bits per heavy atom. The quantitative estimate of drug-likeness (QED) is 0.364. The van der Waals surface area contributed by atoms with Gasteiger partial charge in [-0.3, -0.25) is 4.79 Å². The minimum Gasteiger partial charge on any atom is -0.273 e. The van der Waals surface area contributed by atoms with Crippen LogP contribution in [0.2, 0.25) is 0 Å². The maximum absolute atomic E-state index is 11.3. The van der Waals surface area contributed by atoms with E-state index < -0.39 is 5.91 Å². The maximum atomic E-state index is 11.3. The molecule has 0 rings (SSSR count). The van der Waals surface area contributed by atoms with Gasteiger partial charge in [-0.05, 0) is 19.8 Å². The molecule has 0 atom stereocenters. The lowest BCUT2D eigenvalue weighted by atomic mass is 10.2. The minimum absolute atomic E-state index is 0.265. The standard InChI is InChI=1S/C7H12FNO/c1-2-3-4-5-6-7(10)9-8/h2-3H,4-6H2,1H3,(H,9,10)/b3-2-. The van der Waals surface area contributed by atoms with Gasteiger partial charge in [-0.25, -0.2) is 0 Å².